The molecular formula is C26H56N10O4S2. The summed E-state index contributed by atoms with van der Waals surface area (Å²) in [7, 11) is 3.30. The van der Waals surface area contributed by atoms with Gasteiger partial charge in [0.1, 0.15) is 0 Å². The number of nitrogens with one attached hydrogen (secondary N) is 5. The van der Waals surface area contributed by atoms with Gasteiger partial charge in [0.25, 0.3) is 0 Å². The largest absolute Gasteiger partial charge is 0.355 e. The zero-order valence-electron chi connectivity index (χ0n) is 25.3. The average Bonchev–Trinajstić information content (AvgIpc) is 2.96. The summed E-state index contributed by atoms with van der Waals surface area (Å²) in [6, 6.07) is -1.13. The highest BCUT2D eigenvalue weighted by atomic mass is 33.1. The summed E-state index contributed by atoms with van der Waals surface area (Å²) in [6.07, 6.45) is 4.46. The Labute approximate surface area is 259 Å². The van der Waals surface area contributed by atoms with E-state index in [2.05, 4.69) is 31.5 Å². The summed E-state index contributed by atoms with van der Waals surface area (Å²) in [4.78, 5) is 49.7. The molecule has 0 aromatic rings. The van der Waals surface area contributed by atoms with Crippen molar-refractivity contribution < 1.29 is 19.2 Å². The smallest absolute Gasteiger partial charge is 0.236 e. The lowest BCUT2D eigenvalue weighted by atomic mass is 10.1. The highest BCUT2D eigenvalue weighted by molar-refractivity contribution is 8.76. The van der Waals surface area contributed by atoms with Crippen molar-refractivity contribution in [3.8, 4) is 0 Å². The van der Waals surface area contributed by atoms with Gasteiger partial charge >= 0.3 is 0 Å². The molecule has 0 bridgehead atoms. The van der Waals surface area contributed by atoms with Gasteiger partial charge < -0.3 is 49.5 Å². The van der Waals surface area contributed by atoms with E-state index < -0.39 is 12.1 Å². The molecular weight excluding hydrogens is 580 g/mol. The molecule has 0 radical (unpaired) electrons. The second-order valence-corrected chi connectivity index (χ2v) is 12.6. The predicted octanol–water partition coefficient (Wildman–Crippen LogP) is -2.34. The molecule has 2 unspecified atom stereocenters. The fraction of sp³-hybridized carbons (Fsp3) is 0.846. The lowest BCUT2D eigenvalue weighted by Gasteiger charge is -2.24. The molecule has 42 heavy (non-hydrogen) atoms. The number of carbonyl (C=O) groups is 4. The predicted molar refractivity (Wildman–Crippen MR) is 174 cm³/mol. The van der Waals surface area contributed by atoms with Crippen LogP contribution in [0.4, 0.5) is 0 Å². The second kappa shape index (κ2) is 28.1. The first kappa shape index (κ1) is 40.3. The second-order valence-electron chi connectivity index (χ2n) is 9.86. The highest BCUT2D eigenvalue weighted by Gasteiger charge is 2.15. The molecule has 0 aliphatic rings. The molecule has 0 saturated heterocycles. The van der Waals surface area contributed by atoms with Gasteiger partial charge in [-0.15, -0.1) is 0 Å². The lowest BCUT2D eigenvalue weighted by molar-refractivity contribution is -0.123. The summed E-state index contributed by atoms with van der Waals surface area (Å²) < 4.78 is 0. The Balaban J connectivity index is 4.40. The molecule has 0 rings (SSSR count). The van der Waals surface area contributed by atoms with Crippen LogP contribution in [0.15, 0.2) is 0 Å². The quantitative estimate of drug-likeness (QED) is 0.0324. The van der Waals surface area contributed by atoms with Crippen molar-refractivity contribution in [2.24, 2.45) is 22.9 Å². The Morgan fingerprint density at radius 3 is 1.62 bits per heavy atom. The molecule has 14 nitrogen and oxygen atoms in total. The molecule has 0 aromatic carbocycles. The molecule has 16 heteroatoms. The third kappa shape index (κ3) is 24.9. The molecule has 0 fully saturated rings. The minimum atomic E-state index is -0.564. The van der Waals surface area contributed by atoms with Crippen LogP contribution < -0.4 is 49.5 Å². The molecule has 246 valence electrons. The number of nitrogens with zero attached hydrogens (tertiary/aromatic N) is 1. The number of hydrogen-bond acceptors (Lipinski definition) is 12. The van der Waals surface area contributed by atoms with Gasteiger partial charge in [0.05, 0.1) is 18.6 Å². The number of nitrogens with two attached hydrogens (primary N) is 4. The lowest BCUT2D eigenvalue weighted by Crippen LogP contribution is -2.47. The van der Waals surface area contributed by atoms with Crippen LogP contribution >= 0.6 is 21.6 Å². The number of carbonyl (C=O) groups excluding carboxylic acids is 4. The van der Waals surface area contributed by atoms with E-state index in [1.165, 1.54) is 6.92 Å². The van der Waals surface area contributed by atoms with Gasteiger partial charge in [-0.05, 0) is 38.8 Å². The van der Waals surface area contributed by atoms with Crippen molar-refractivity contribution in [3.63, 3.8) is 0 Å². The van der Waals surface area contributed by atoms with Gasteiger partial charge in [-0.1, -0.05) is 34.4 Å². The first-order valence-corrected chi connectivity index (χ1v) is 17.3. The van der Waals surface area contributed by atoms with Crippen LogP contribution in [0.3, 0.4) is 0 Å². The van der Waals surface area contributed by atoms with E-state index in [4.69, 9.17) is 22.9 Å². The summed E-state index contributed by atoms with van der Waals surface area (Å²) >= 11 is 0. The van der Waals surface area contributed by atoms with Crippen LogP contribution in [0.5, 0.6) is 0 Å². The van der Waals surface area contributed by atoms with E-state index in [1.807, 2.05) is 0 Å². The van der Waals surface area contributed by atoms with Gasteiger partial charge in [-0.25, -0.2) is 0 Å². The monoisotopic (exact) mass is 636 g/mol. The third-order valence-electron chi connectivity index (χ3n) is 6.11. The molecule has 0 aliphatic heterocycles. The van der Waals surface area contributed by atoms with E-state index in [0.29, 0.717) is 78.3 Å². The van der Waals surface area contributed by atoms with Crippen molar-refractivity contribution >= 4 is 45.2 Å². The van der Waals surface area contributed by atoms with Crippen molar-refractivity contribution in [3.05, 3.63) is 0 Å². The van der Waals surface area contributed by atoms with Gasteiger partial charge in [0.15, 0.2) is 0 Å². The molecule has 0 spiro atoms. The van der Waals surface area contributed by atoms with Gasteiger partial charge in [0.2, 0.25) is 23.6 Å². The van der Waals surface area contributed by atoms with Crippen LogP contribution in [-0.2, 0) is 19.2 Å². The molecule has 0 heterocycles. The average molecular weight is 637 g/mol. The fourth-order valence-corrected chi connectivity index (χ4v) is 5.49. The zero-order chi connectivity index (χ0) is 31.4. The van der Waals surface area contributed by atoms with E-state index in [-0.39, 0.29) is 30.2 Å². The van der Waals surface area contributed by atoms with E-state index in [0.717, 1.165) is 37.2 Å². The van der Waals surface area contributed by atoms with Gasteiger partial charge in [0, 0.05) is 70.8 Å². The first-order valence-electron chi connectivity index (χ1n) is 14.9. The minimum absolute atomic E-state index is 0.0362. The fourth-order valence-electron chi connectivity index (χ4n) is 3.67. The van der Waals surface area contributed by atoms with E-state index >= 15 is 0 Å². The van der Waals surface area contributed by atoms with E-state index in [1.54, 1.807) is 21.6 Å². The summed E-state index contributed by atoms with van der Waals surface area (Å²) in [5.41, 5.74) is 22.9. The Kier molecular flexibility index (Phi) is 27.0. The standard InChI is InChI=1S/C26H56N10O4S2/c1-21(37)32-13-18-41-42-19-14-33-24(38)20-31-10-15-36(16-11-34-25(39)22(29)6-2-4-8-27)17-12-35-26(40)23(30)7-3-5-9-28/h22-23,31H,2-20,27-30H2,1H3,(H,32,37)(H,33,38)(H,34,39)(H,35,40). The molecule has 0 aromatic heterocycles. The molecule has 0 saturated carbocycles. The highest BCUT2D eigenvalue weighted by Crippen LogP contribution is 2.19. The Bertz CT molecular complexity index is 705. The van der Waals surface area contributed by atoms with Crippen molar-refractivity contribution in [2.75, 3.05) is 83.5 Å². The molecule has 13 N–H and O–H groups in total. The SMILES string of the molecule is CC(=O)NCCSSCCNC(=O)CNCCN(CCNC(=O)C(N)CCCCN)CCNC(=O)C(N)CCCCN. The molecule has 4 amide bonds. The number of rotatable bonds is 28. The van der Waals surface area contributed by atoms with E-state index in [9.17, 15) is 19.2 Å². The Hall–Kier alpha value is -1.66. The molecule has 0 aliphatic carbocycles. The third-order valence-corrected chi connectivity index (χ3v) is 8.52. The molecule has 2 atom stereocenters. The van der Waals surface area contributed by atoms with Crippen LogP contribution in [0.1, 0.15) is 45.4 Å². The Morgan fingerprint density at radius 2 is 1.14 bits per heavy atom. The van der Waals surface area contributed by atoms with Crippen LogP contribution in [0.2, 0.25) is 0 Å². The maximum absolute atomic E-state index is 12.3. The van der Waals surface area contributed by atoms with Crippen molar-refractivity contribution in [2.45, 2.75) is 57.5 Å². The number of amides is 4. The maximum atomic E-state index is 12.3. The van der Waals surface area contributed by atoms with Crippen molar-refractivity contribution in [1.29, 1.82) is 0 Å². The summed E-state index contributed by atoms with van der Waals surface area (Å²) in [6.45, 7) is 7.15. The van der Waals surface area contributed by atoms with Crippen molar-refractivity contribution in [1.82, 2.24) is 31.5 Å². The summed E-state index contributed by atoms with van der Waals surface area (Å²) in [5.74, 6) is 1.08. The van der Waals surface area contributed by atoms with Crippen LogP contribution in [0.25, 0.3) is 0 Å². The normalized spacial score (nSPS) is 12.5. The van der Waals surface area contributed by atoms with Gasteiger partial charge in [-0.2, -0.15) is 0 Å². The maximum Gasteiger partial charge on any atom is 0.236 e. The minimum Gasteiger partial charge on any atom is -0.355 e. The first-order chi connectivity index (χ1) is 20.2. The number of unbranched alkanes of at least 4 members (excludes halogenated alkanes) is 2. The van der Waals surface area contributed by atoms with Crippen LogP contribution in [0, 0.1) is 0 Å². The Morgan fingerprint density at radius 1 is 0.667 bits per heavy atom. The van der Waals surface area contributed by atoms with Crippen LogP contribution in [-0.4, -0.2) is 124 Å². The topological polar surface area (TPSA) is 236 Å². The number of hydrogen-bond donors (Lipinski definition) is 9. The summed E-state index contributed by atoms with van der Waals surface area (Å²) in [5, 5.41) is 14.5. The zero-order valence-corrected chi connectivity index (χ0v) is 26.9. The van der Waals surface area contributed by atoms with Gasteiger partial charge in [-0.3, -0.25) is 24.1 Å².